The number of rotatable bonds is 3. The lowest BCUT2D eigenvalue weighted by molar-refractivity contribution is 0.0766. The Morgan fingerprint density at radius 1 is 1.00 bits per heavy atom. The molecule has 130 valence electrons. The Morgan fingerprint density at radius 2 is 1.80 bits per heavy atom. The van der Waals surface area contributed by atoms with Crippen molar-refractivity contribution in [3.05, 3.63) is 47.1 Å². The third-order valence-corrected chi connectivity index (χ3v) is 4.90. The van der Waals surface area contributed by atoms with Crippen molar-refractivity contribution in [2.45, 2.75) is 25.2 Å². The normalized spacial score (nSPS) is 18.1. The number of amides is 1. The molecule has 3 heterocycles. The Kier molecular flexibility index (Phi) is 4.53. The van der Waals surface area contributed by atoms with Gasteiger partial charge in [0.05, 0.1) is 10.6 Å². The monoisotopic (exact) mass is 357 g/mol. The van der Waals surface area contributed by atoms with Crippen LogP contribution in [0.4, 0.5) is 5.82 Å². The molecule has 2 aromatic heterocycles. The number of pyridine rings is 1. The Hall–Kier alpha value is -2.21. The largest absolute Gasteiger partial charge is 0.355 e. The zero-order valence-corrected chi connectivity index (χ0v) is 14.7. The van der Waals surface area contributed by atoms with Gasteiger partial charge >= 0.3 is 0 Å². The summed E-state index contributed by atoms with van der Waals surface area (Å²) in [6.45, 7) is 3.01. The fourth-order valence-corrected chi connectivity index (χ4v) is 3.20. The van der Waals surface area contributed by atoms with Crippen molar-refractivity contribution in [1.29, 1.82) is 0 Å². The van der Waals surface area contributed by atoms with Crippen LogP contribution in [-0.2, 0) is 0 Å². The topological polar surface area (TPSA) is 62.2 Å². The second-order valence-corrected chi connectivity index (χ2v) is 7.01. The maximum atomic E-state index is 12.7. The maximum absolute atomic E-state index is 12.7. The highest BCUT2D eigenvalue weighted by molar-refractivity contribution is 6.30. The molecule has 2 aromatic rings. The average Bonchev–Trinajstić information content (AvgIpc) is 3.49. The van der Waals surface area contributed by atoms with Crippen LogP contribution in [-0.4, -0.2) is 51.9 Å². The summed E-state index contributed by atoms with van der Waals surface area (Å²) in [5.41, 5.74) is 0.572. The molecule has 1 saturated carbocycles. The third-order valence-electron chi connectivity index (χ3n) is 4.68. The predicted octanol–water partition coefficient (Wildman–Crippen LogP) is 2.75. The van der Waals surface area contributed by atoms with Crippen LogP contribution in [0.3, 0.4) is 0 Å². The lowest BCUT2D eigenvalue weighted by Gasteiger charge is -2.22. The number of anilines is 1. The highest BCUT2D eigenvalue weighted by Crippen LogP contribution is 2.37. The molecule has 1 aliphatic carbocycles. The van der Waals surface area contributed by atoms with Gasteiger partial charge < -0.3 is 9.80 Å². The van der Waals surface area contributed by atoms with E-state index < -0.39 is 0 Å². The van der Waals surface area contributed by atoms with Crippen LogP contribution in [0.5, 0.6) is 0 Å². The minimum atomic E-state index is 0.00765. The second kappa shape index (κ2) is 6.96. The van der Waals surface area contributed by atoms with Gasteiger partial charge in [0.15, 0.2) is 0 Å². The van der Waals surface area contributed by atoms with E-state index in [1.165, 1.54) is 0 Å². The summed E-state index contributed by atoms with van der Waals surface area (Å²) >= 11 is 5.90. The fraction of sp³-hybridized carbons (Fsp3) is 0.444. The van der Waals surface area contributed by atoms with Crippen LogP contribution in [0.2, 0.25) is 5.02 Å². The first-order chi connectivity index (χ1) is 12.2. The Balaban J connectivity index is 1.41. The van der Waals surface area contributed by atoms with Crippen LogP contribution in [0.25, 0.3) is 0 Å². The lowest BCUT2D eigenvalue weighted by atomic mass is 10.2. The first-order valence-electron chi connectivity index (χ1n) is 8.68. The summed E-state index contributed by atoms with van der Waals surface area (Å²) in [4.78, 5) is 29.9. The van der Waals surface area contributed by atoms with Gasteiger partial charge in [0.1, 0.15) is 11.6 Å². The van der Waals surface area contributed by atoms with Crippen molar-refractivity contribution >= 4 is 23.3 Å². The van der Waals surface area contributed by atoms with E-state index in [9.17, 15) is 4.79 Å². The molecule has 0 atom stereocenters. The fourth-order valence-electron chi connectivity index (χ4n) is 3.09. The van der Waals surface area contributed by atoms with Crippen molar-refractivity contribution in [2.75, 3.05) is 31.1 Å². The quantitative estimate of drug-likeness (QED) is 0.845. The molecule has 4 rings (SSSR count). The summed E-state index contributed by atoms with van der Waals surface area (Å²) < 4.78 is 0. The van der Waals surface area contributed by atoms with E-state index in [0.717, 1.165) is 50.5 Å². The van der Waals surface area contributed by atoms with Gasteiger partial charge in [-0.15, -0.1) is 0 Å². The van der Waals surface area contributed by atoms with E-state index in [1.54, 1.807) is 18.6 Å². The van der Waals surface area contributed by atoms with Gasteiger partial charge in [-0.25, -0.2) is 15.0 Å². The van der Waals surface area contributed by atoms with Crippen LogP contribution in [0.15, 0.2) is 30.7 Å². The number of hydrogen-bond donors (Lipinski definition) is 0. The number of hydrogen-bond acceptors (Lipinski definition) is 5. The molecule has 2 fully saturated rings. The Bertz CT molecular complexity index is 745. The molecule has 1 saturated heterocycles. The molecular formula is C18H20ClN5O. The van der Waals surface area contributed by atoms with Crippen LogP contribution in [0.1, 0.15) is 41.4 Å². The first-order valence-corrected chi connectivity index (χ1v) is 9.06. The minimum absolute atomic E-state index is 0.00765. The molecule has 6 nitrogen and oxygen atoms in total. The summed E-state index contributed by atoms with van der Waals surface area (Å²) in [7, 11) is 0. The minimum Gasteiger partial charge on any atom is -0.355 e. The maximum Gasteiger partial charge on any atom is 0.257 e. The van der Waals surface area contributed by atoms with E-state index >= 15 is 0 Å². The molecule has 0 bridgehead atoms. The molecule has 0 spiro atoms. The van der Waals surface area contributed by atoms with Gasteiger partial charge in [-0.2, -0.15) is 0 Å². The average molecular weight is 358 g/mol. The predicted molar refractivity (Wildman–Crippen MR) is 96.0 cm³/mol. The van der Waals surface area contributed by atoms with Crippen molar-refractivity contribution in [3.63, 3.8) is 0 Å². The van der Waals surface area contributed by atoms with Crippen LogP contribution >= 0.6 is 11.6 Å². The van der Waals surface area contributed by atoms with Gasteiger partial charge in [0.25, 0.3) is 5.91 Å². The molecule has 1 amide bonds. The van der Waals surface area contributed by atoms with E-state index in [4.69, 9.17) is 11.6 Å². The Morgan fingerprint density at radius 3 is 2.48 bits per heavy atom. The lowest BCUT2D eigenvalue weighted by Crippen LogP contribution is -2.35. The number of aromatic nitrogens is 3. The molecule has 2 aliphatic rings. The van der Waals surface area contributed by atoms with Gasteiger partial charge in [0, 0.05) is 50.7 Å². The summed E-state index contributed by atoms with van der Waals surface area (Å²) in [5.74, 6) is 2.28. The zero-order valence-electron chi connectivity index (χ0n) is 13.9. The zero-order chi connectivity index (χ0) is 17.2. The third kappa shape index (κ3) is 3.74. The van der Waals surface area contributed by atoms with Gasteiger partial charge in [-0.1, -0.05) is 11.6 Å². The van der Waals surface area contributed by atoms with Crippen molar-refractivity contribution in [1.82, 2.24) is 19.9 Å². The number of carbonyl (C=O) groups excluding carboxylic acids is 1. The highest BCUT2D eigenvalue weighted by atomic mass is 35.5. The SMILES string of the molecule is O=C(c1cnc(C2CC2)nc1)N1CCCN(c2ccc(Cl)cn2)CC1. The number of carbonyl (C=O) groups is 1. The molecule has 0 aromatic carbocycles. The van der Waals surface area contributed by atoms with E-state index in [2.05, 4.69) is 19.9 Å². The molecule has 7 heteroatoms. The van der Waals surface area contributed by atoms with E-state index in [-0.39, 0.29) is 5.91 Å². The summed E-state index contributed by atoms with van der Waals surface area (Å²) in [5, 5.41) is 0.630. The second-order valence-electron chi connectivity index (χ2n) is 6.57. The summed E-state index contributed by atoms with van der Waals surface area (Å²) in [6.07, 6.45) is 8.22. The standard InChI is InChI=1S/C18H20ClN5O/c19-15-4-5-16(20-12-15)23-6-1-7-24(9-8-23)18(25)14-10-21-17(22-11-14)13-2-3-13/h4-5,10-13H,1-3,6-9H2. The number of nitrogens with zero attached hydrogens (tertiary/aromatic N) is 5. The van der Waals surface area contributed by atoms with E-state index in [1.807, 2.05) is 17.0 Å². The first kappa shape index (κ1) is 16.3. The molecule has 1 aliphatic heterocycles. The van der Waals surface area contributed by atoms with Crippen LogP contribution < -0.4 is 4.90 Å². The van der Waals surface area contributed by atoms with Crippen LogP contribution in [0, 0.1) is 0 Å². The van der Waals surface area contributed by atoms with Gasteiger partial charge in [-0.05, 0) is 31.4 Å². The molecule has 25 heavy (non-hydrogen) atoms. The Labute approximate surface area is 151 Å². The number of halogens is 1. The molecular weight excluding hydrogens is 338 g/mol. The van der Waals surface area contributed by atoms with Crippen molar-refractivity contribution in [2.24, 2.45) is 0 Å². The van der Waals surface area contributed by atoms with Crippen molar-refractivity contribution < 1.29 is 4.79 Å². The van der Waals surface area contributed by atoms with Crippen molar-refractivity contribution in [3.8, 4) is 0 Å². The molecule has 0 radical (unpaired) electrons. The molecule has 0 N–H and O–H groups in total. The van der Waals surface area contributed by atoms with E-state index in [0.29, 0.717) is 23.0 Å². The summed E-state index contributed by atoms with van der Waals surface area (Å²) in [6, 6.07) is 3.76. The van der Waals surface area contributed by atoms with Gasteiger partial charge in [0.2, 0.25) is 0 Å². The smallest absolute Gasteiger partial charge is 0.257 e. The van der Waals surface area contributed by atoms with Gasteiger partial charge in [-0.3, -0.25) is 4.79 Å². The highest BCUT2D eigenvalue weighted by Gasteiger charge is 2.27. The molecule has 0 unspecified atom stereocenters.